The molecule has 0 radical (unpaired) electrons. The molecule has 2 aromatic rings. The summed E-state index contributed by atoms with van der Waals surface area (Å²) in [6.45, 7) is 6.15. The molecule has 0 bridgehead atoms. The number of hydrogen-bond acceptors (Lipinski definition) is 6. The van der Waals surface area contributed by atoms with Gasteiger partial charge in [-0.2, -0.15) is 0 Å². The predicted molar refractivity (Wildman–Crippen MR) is 97.9 cm³/mol. The van der Waals surface area contributed by atoms with E-state index in [9.17, 15) is 4.79 Å². The molecule has 1 atom stereocenters. The van der Waals surface area contributed by atoms with Crippen LogP contribution in [-0.4, -0.2) is 41.3 Å². The van der Waals surface area contributed by atoms with Crippen molar-refractivity contribution in [3.05, 3.63) is 10.9 Å². The normalized spacial score (nSPS) is 16.0. The van der Waals surface area contributed by atoms with Crippen LogP contribution < -0.4 is 10.2 Å². The first kappa shape index (κ1) is 16.5. The number of fused-ring (bicyclic) bond motifs is 1. The van der Waals surface area contributed by atoms with E-state index >= 15 is 0 Å². The standard InChI is InChI=1S/C16H22N4OS2/c1-4-10(2)17-14(21)12-9-11-13(20-7-5-6-8-20)18-16(22-3)19-15(11)23-12/h9-10H,4-8H2,1-3H3,(H,17,21)/t10-/m1/s1. The van der Waals surface area contributed by atoms with E-state index in [0.29, 0.717) is 4.88 Å². The van der Waals surface area contributed by atoms with Gasteiger partial charge in [-0.15, -0.1) is 11.3 Å². The fourth-order valence-corrected chi connectivity index (χ4v) is 4.00. The highest BCUT2D eigenvalue weighted by Gasteiger charge is 2.21. The second-order valence-corrected chi connectivity index (χ2v) is 7.64. The van der Waals surface area contributed by atoms with Crippen molar-refractivity contribution in [3.63, 3.8) is 0 Å². The molecule has 0 aliphatic carbocycles. The predicted octanol–water partition coefficient (Wildman–Crippen LogP) is 3.54. The molecule has 23 heavy (non-hydrogen) atoms. The topological polar surface area (TPSA) is 58.1 Å². The van der Waals surface area contributed by atoms with Gasteiger partial charge in [0, 0.05) is 19.1 Å². The van der Waals surface area contributed by atoms with Gasteiger partial charge in [0.25, 0.3) is 5.91 Å². The lowest BCUT2D eigenvalue weighted by molar-refractivity contribution is 0.0943. The average molecular weight is 351 g/mol. The minimum absolute atomic E-state index is 0.0135. The molecule has 1 aliphatic heterocycles. The SMILES string of the molecule is CC[C@@H](C)NC(=O)c1cc2c(N3CCCC3)nc(SC)nc2s1. The van der Waals surface area contributed by atoms with E-state index < -0.39 is 0 Å². The Bertz CT molecular complexity index is 709. The number of carbonyl (C=O) groups is 1. The molecule has 3 heterocycles. The van der Waals surface area contributed by atoms with Gasteiger partial charge in [-0.05, 0) is 38.5 Å². The summed E-state index contributed by atoms with van der Waals surface area (Å²) in [6, 6.07) is 2.13. The van der Waals surface area contributed by atoms with E-state index in [1.807, 2.05) is 19.2 Å². The minimum atomic E-state index is -0.0135. The summed E-state index contributed by atoms with van der Waals surface area (Å²) in [5.74, 6) is 0.969. The summed E-state index contributed by atoms with van der Waals surface area (Å²) in [7, 11) is 0. The van der Waals surface area contributed by atoms with Crippen LogP contribution >= 0.6 is 23.1 Å². The maximum atomic E-state index is 12.4. The molecule has 0 saturated carbocycles. The number of nitrogens with one attached hydrogen (secondary N) is 1. The molecule has 0 spiro atoms. The zero-order valence-corrected chi connectivity index (χ0v) is 15.4. The van der Waals surface area contributed by atoms with Gasteiger partial charge in [-0.1, -0.05) is 18.7 Å². The largest absolute Gasteiger partial charge is 0.356 e. The van der Waals surface area contributed by atoms with E-state index in [1.165, 1.54) is 24.2 Å². The molecule has 1 fully saturated rings. The molecule has 7 heteroatoms. The fourth-order valence-electron chi connectivity index (χ4n) is 2.66. The van der Waals surface area contributed by atoms with Crippen molar-refractivity contribution in [2.45, 2.75) is 44.3 Å². The van der Waals surface area contributed by atoms with Gasteiger partial charge in [0.1, 0.15) is 10.6 Å². The summed E-state index contributed by atoms with van der Waals surface area (Å²) >= 11 is 3.00. The Labute approximate surface area is 144 Å². The van der Waals surface area contributed by atoms with Crippen LogP contribution in [0.15, 0.2) is 11.2 Å². The first-order valence-corrected chi connectivity index (χ1v) is 10.1. The summed E-state index contributed by atoms with van der Waals surface area (Å²) < 4.78 is 0. The van der Waals surface area contributed by atoms with E-state index in [0.717, 1.165) is 40.7 Å². The molecule has 0 unspecified atom stereocenters. The molecular formula is C16H22N4OS2. The highest BCUT2D eigenvalue weighted by molar-refractivity contribution is 7.98. The van der Waals surface area contributed by atoms with Crippen LogP contribution in [0, 0.1) is 0 Å². The van der Waals surface area contributed by atoms with Crippen LogP contribution in [0.2, 0.25) is 0 Å². The van der Waals surface area contributed by atoms with Gasteiger partial charge in [0.15, 0.2) is 5.16 Å². The second-order valence-electron chi connectivity index (χ2n) is 5.84. The third-order valence-electron chi connectivity index (χ3n) is 4.15. The van der Waals surface area contributed by atoms with Crippen molar-refractivity contribution in [1.29, 1.82) is 0 Å². The number of nitrogens with zero attached hydrogens (tertiary/aromatic N) is 3. The Balaban J connectivity index is 2.00. The van der Waals surface area contributed by atoms with E-state index in [1.54, 1.807) is 11.8 Å². The summed E-state index contributed by atoms with van der Waals surface area (Å²) in [5.41, 5.74) is 0. The Morgan fingerprint density at radius 2 is 2.17 bits per heavy atom. The Morgan fingerprint density at radius 1 is 1.43 bits per heavy atom. The summed E-state index contributed by atoms with van der Waals surface area (Å²) in [5, 5.41) is 4.81. The van der Waals surface area contributed by atoms with E-state index in [-0.39, 0.29) is 11.9 Å². The average Bonchev–Trinajstić information content (AvgIpc) is 3.22. The van der Waals surface area contributed by atoms with Crippen LogP contribution in [-0.2, 0) is 0 Å². The van der Waals surface area contributed by atoms with Gasteiger partial charge < -0.3 is 10.2 Å². The molecule has 1 saturated heterocycles. The summed E-state index contributed by atoms with van der Waals surface area (Å²) in [6.07, 6.45) is 5.31. The molecule has 1 N–H and O–H groups in total. The van der Waals surface area contributed by atoms with Crippen molar-refractivity contribution in [2.75, 3.05) is 24.2 Å². The zero-order valence-electron chi connectivity index (χ0n) is 13.8. The molecule has 1 aliphatic rings. The van der Waals surface area contributed by atoms with Gasteiger partial charge in [-0.25, -0.2) is 9.97 Å². The number of aromatic nitrogens is 2. The van der Waals surface area contributed by atoms with Crippen LogP contribution in [0.5, 0.6) is 0 Å². The van der Waals surface area contributed by atoms with Crippen LogP contribution in [0.25, 0.3) is 10.2 Å². The Hall–Kier alpha value is -1.34. The number of thioether (sulfide) groups is 1. The Kier molecular flexibility index (Phi) is 5.06. The molecule has 0 aromatic carbocycles. The number of rotatable bonds is 5. The zero-order chi connectivity index (χ0) is 16.4. The number of amides is 1. The van der Waals surface area contributed by atoms with E-state index in [2.05, 4.69) is 22.1 Å². The number of anilines is 1. The molecular weight excluding hydrogens is 328 g/mol. The van der Waals surface area contributed by atoms with Crippen molar-refractivity contribution in [2.24, 2.45) is 0 Å². The van der Waals surface area contributed by atoms with Gasteiger partial charge in [0.05, 0.1) is 10.3 Å². The van der Waals surface area contributed by atoms with Crippen molar-refractivity contribution in [3.8, 4) is 0 Å². The monoisotopic (exact) mass is 350 g/mol. The Morgan fingerprint density at radius 3 is 2.83 bits per heavy atom. The third-order valence-corrected chi connectivity index (χ3v) is 5.73. The quantitative estimate of drug-likeness (QED) is 0.660. The van der Waals surface area contributed by atoms with Crippen LogP contribution in [0.1, 0.15) is 42.8 Å². The summed E-state index contributed by atoms with van der Waals surface area (Å²) in [4.78, 5) is 25.6. The number of thiophene rings is 1. The van der Waals surface area contributed by atoms with Gasteiger partial charge in [0.2, 0.25) is 0 Å². The fraction of sp³-hybridized carbons (Fsp3) is 0.562. The lowest BCUT2D eigenvalue weighted by Crippen LogP contribution is -2.31. The highest BCUT2D eigenvalue weighted by Crippen LogP contribution is 2.34. The molecule has 1 amide bonds. The first-order chi connectivity index (χ1) is 11.1. The second kappa shape index (κ2) is 7.05. The van der Waals surface area contributed by atoms with Crippen molar-refractivity contribution in [1.82, 2.24) is 15.3 Å². The molecule has 3 rings (SSSR count). The van der Waals surface area contributed by atoms with Crippen LogP contribution in [0.3, 0.4) is 0 Å². The highest BCUT2D eigenvalue weighted by atomic mass is 32.2. The molecule has 5 nitrogen and oxygen atoms in total. The van der Waals surface area contributed by atoms with Crippen molar-refractivity contribution < 1.29 is 4.79 Å². The van der Waals surface area contributed by atoms with Gasteiger partial charge >= 0.3 is 0 Å². The maximum Gasteiger partial charge on any atom is 0.261 e. The van der Waals surface area contributed by atoms with Crippen molar-refractivity contribution >= 4 is 45.0 Å². The number of carbonyl (C=O) groups excluding carboxylic acids is 1. The maximum absolute atomic E-state index is 12.4. The minimum Gasteiger partial charge on any atom is -0.356 e. The lowest BCUT2D eigenvalue weighted by atomic mass is 10.2. The van der Waals surface area contributed by atoms with E-state index in [4.69, 9.17) is 4.98 Å². The first-order valence-electron chi connectivity index (χ1n) is 8.03. The molecule has 124 valence electrons. The smallest absolute Gasteiger partial charge is 0.261 e. The lowest BCUT2D eigenvalue weighted by Gasteiger charge is -2.17. The number of hydrogen-bond donors (Lipinski definition) is 1. The van der Waals surface area contributed by atoms with Crippen LogP contribution in [0.4, 0.5) is 5.82 Å². The third kappa shape index (κ3) is 3.45. The molecule has 2 aromatic heterocycles. The van der Waals surface area contributed by atoms with Gasteiger partial charge in [-0.3, -0.25) is 4.79 Å².